The maximum atomic E-state index is 5.73. The van der Waals surface area contributed by atoms with Crippen LogP contribution in [0.2, 0.25) is 0 Å². The summed E-state index contributed by atoms with van der Waals surface area (Å²) in [6.07, 6.45) is 2.39. The Labute approximate surface area is 127 Å². The molecule has 2 aromatic rings. The van der Waals surface area contributed by atoms with Gasteiger partial charge in [-0.15, -0.1) is 0 Å². The van der Waals surface area contributed by atoms with Gasteiger partial charge in [0, 0.05) is 0 Å². The van der Waals surface area contributed by atoms with Gasteiger partial charge in [-0.05, 0) is 48.9 Å². The molecule has 0 saturated heterocycles. The van der Waals surface area contributed by atoms with Crippen molar-refractivity contribution in [2.24, 2.45) is 0 Å². The van der Waals surface area contributed by atoms with Crippen LogP contribution in [-0.4, -0.2) is 6.61 Å². The summed E-state index contributed by atoms with van der Waals surface area (Å²) in [5.41, 5.74) is 4.01. The van der Waals surface area contributed by atoms with E-state index in [9.17, 15) is 0 Å². The normalized spacial score (nSPS) is 20.7. The summed E-state index contributed by atoms with van der Waals surface area (Å²) in [6, 6.07) is 17.4. The van der Waals surface area contributed by atoms with E-state index in [-0.39, 0.29) is 0 Å². The van der Waals surface area contributed by atoms with Crippen molar-refractivity contribution < 1.29 is 4.74 Å². The van der Waals surface area contributed by atoms with Gasteiger partial charge in [-0.2, -0.15) is 0 Å². The maximum Gasteiger partial charge on any atom is 0.142 e. The van der Waals surface area contributed by atoms with E-state index in [2.05, 4.69) is 48.6 Å². The summed E-state index contributed by atoms with van der Waals surface area (Å²) in [4.78, 5) is 0. The zero-order valence-electron chi connectivity index (χ0n) is 12.8. The Balaban J connectivity index is 1.88. The molecule has 0 heterocycles. The first-order valence-corrected chi connectivity index (χ1v) is 7.86. The first-order valence-electron chi connectivity index (χ1n) is 7.86. The summed E-state index contributed by atoms with van der Waals surface area (Å²) in [5, 5.41) is 3.69. The average Bonchev–Trinajstić information content (AvgIpc) is 2.52. The Bertz CT molecular complexity index is 608. The highest BCUT2D eigenvalue weighted by atomic mass is 16.5. The molecule has 3 rings (SSSR count). The van der Waals surface area contributed by atoms with Crippen molar-refractivity contribution in [3.05, 3.63) is 59.7 Å². The molecule has 0 spiro atoms. The van der Waals surface area contributed by atoms with E-state index in [1.807, 2.05) is 19.1 Å². The molecule has 0 radical (unpaired) electrons. The standard InChI is InChI=1S/C19H23NO/c1-3-21-19-11-7-6-10-18(19)20-17-13-12-14(2)15-8-4-5-9-16(15)17/h4-11,14,17,20H,3,12-13H2,1-2H3. The van der Waals surface area contributed by atoms with E-state index in [0.29, 0.717) is 18.6 Å². The minimum absolute atomic E-state index is 0.374. The topological polar surface area (TPSA) is 21.3 Å². The molecule has 0 amide bonds. The minimum atomic E-state index is 0.374. The van der Waals surface area contributed by atoms with E-state index < -0.39 is 0 Å². The van der Waals surface area contributed by atoms with Crippen molar-refractivity contribution in [3.63, 3.8) is 0 Å². The summed E-state index contributed by atoms with van der Waals surface area (Å²) in [6.45, 7) is 5.04. The Morgan fingerprint density at radius 1 is 1.00 bits per heavy atom. The number of hydrogen-bond donors (Lipinski definition) is 1. The van der Waals surface area contributed by atoms with Crippen molar-refractivity contribution in [1.29, 1.82) is 0 Å². The van der Waals surface area contributed by atoms with Crippen molar-refractivity contribution in [3.8, 4) is 5.75 Å². The van der Waals surface area contributed by atoms with Crippen LogP contribution in [0.1, 0.15) is 49.8 Å². The maximum absolute atomic E-state index is 5.73. The van der Waals surface area contributed by atoms with Crippen LogP contribution in [0.15, 0.2) is 48.5 Å². The molecule has 0 aliphatic heterocycles. The summed E-state index contributed by atoms with van der Waals surface area (Å²) < 4.78 is 5.73. The predicted octanol–water partition coefficient (Wildman–Crippen LogP) is 5.14. The van der Waals surface area contributed by atoms with Gasteiger partial charge < -0.3 is 10.1 Å². The average molecular weight is 281 g/mol. The van der Waals surface area contributed by atoms with Gasteiger partial charge in [0.2, 0.25) is 0 Å². The SMILES string of the molecule is CCOc1ccccc1NC1CCC(C)c2ccccc21. The third-order valence-corrected chi connectivity index (χ3v) is 4.31. The van der Waals surface area contributed by atoms with Gasteiger partial charge in [-0.3, -0.25) is 0 Å². The number of hydrogen-bond acceptors (Lipinski definition) is 2. The number of anilines is 1. The number of nitrogens with one attached hydrogen (secondary N) is 1. The van der Waals surface area contributed by atoms with Gasteiger partial charge >= 0.3 is 0 Å². The molecule has 2 unspecified atom stereocenters. The van der Waals surface area contributed by atoms with E-state index >= 15 is 0 Å². The summed E-state index contributed by atoms with van der Waals surface area (Å²) in [7, 11) is 0. The zero-order chi connectivity index (χ0) is 14.7. The highest BCUT2D eigenvalue weighted by Crippen LogP contribution is 2.40. The first kappa shape index (κ1) is 14.0. The molecule has 1 N–H and O–H groups in total. The van der Waals surface area contributed by atoms with Gasteiger partial charge in [0.15, 0.2) is 0 Å². The highest BCUT2D eigenvalue weighted by Gasteiger charge is 2.24. The highest BCUT2D eigenvalue weighted by molar-refractivity contribution is 5.58. The molecule has 0 bridgehead atoms. The lowest BCUT2D eigenvalue weighted by molar-refractivity contribution is 0.341. The molecule has 1 aliphatic carbocycles. The van der Waals surface area contributed by atoms with Crippen LogP contribution in [0.3, 0.4) is 0 Å². The van der Waals surface area contributed by atoms with Crippen LogP contribution in [-0.2, 0) is 0 Å². The van der Waals surface area contributed by atoms with Crippen LogP contribution in [0, 0.1) is 0 Å². The molecule has 2 aromatic carbocycles. The molecule has 2 atom stereocenters. The molecular weight excluding hydrogens is 258 g/mol. The van der Waals surface area contributed by atoms with Gasteiger partial charge in [-0.25, -0.2) is 0 Å². The minimum Gasteiger partial charge on any atom is -0.492 e. The largest absolute Gasteiger partial charge is 0.492 e. The van der Waals surface area contributed by atoms with Gasteiger partial charge in [0.25, 0.3) is 0 Å². The number of benzene rings is 2. The van der Waals surface area contributed by atoms with Crippen LogP contribution < -0.4 is 10.1 Å². The second kappa shape index (κ2) is 6.21. The lowest BCUT2D eigenvalue weighted by Gasteiger charge is -2.31. The van der Waals surface area contributed by atoms with Crippen molar-refractivity contribution >= 4 is 5.69 Å². The molecule has 1 aliphatic rings. The number of ether oxygens (including phenoxy) is 1. The molecule has 21 heavy (non-hydrogen) atoms. The zero-order valence-corrected chi connectivity index (χ0v) is 12.8. The lowest BCUT2D eigenvalue weighted by atomic mass is 9.81. The fourth-order valence-corrected chi connectivity index (χ4v) is 3.21. The van der Waals surface area contributed by atoms with Crippen LogP contribution >= 0.6 is 0 Å². The molecule has 110 valence electrons. The molecule has 0 aromatic heterocycles. The molecule has 2 nitrogen and oxygen atoms in total. The fourth-order valence-electron chi connectivity index (χ4n) is 3.21. The number of para-hydroxylation sites is 2. The third kappa shape index (κ3) is 2.90. The van der Waals surface area contributed by atoms with E-state index in [4.69, 9.17) is 4.74 Å². The van der Waals surface area contributed by atoms with Gasteiger partial charge in [0.1, 0.15) is 5.75 Å². The van der Waals surface area contributed by atoms with Crippen molar-refractivity contribution in [2.75, 3.05) is 11.9 Å². The van der Waals surface area contributed by atoms with E-state index in [0.717, 1.165) is 11.4 Å². The smallest absolute Gasteiger partial charge is 0.142 e. The third-order valence-electron chi connectivity index (χ3n) is 4.31. The Hall–Kier alpha value is -1.96. The predicted molar refractivity (Wildman–Crippen MR) is 88.1 cm³/mol. The number of rotatable bonds is 4. The Morgan fingerprint density at radius 3 is 2.52 bits per heavy atom. The summed E-state index contributed by atoms with van der Waals surface area (Å²) in [5.74, 6) is 1.59. The fraction of sp³-hybridized carbons (Fsp3) is 0.368. The Kier molecular flexibility index (Phi) is 4.14. The quantitative estimate of drug-likeness (QED) is 0.838. The second-order valence-electron chi connectivity index (χ2n) is 5.73. The van der Waals surface area contributed by atoms with Crippen molar-refractivity contribution in [2.45, 2.75) is 38.6 Å². The van der Waals surface area contributed by atoms with Crippen LogP contribution in [0.5, 0.6) is 5.75 Å². The van der Waals surface area contributed by atoms with Crippen LogP contribution in [0.25, 0.3) is 0 Å². The molecule has 2 heteroatoms. The molecule has 0 saturated carbocycles. The number of fused-ring (bicyclic) bond motifs is 1. The monoisotopic (exact) mass is 281 g/mol. The van der Waals surface area contributed by atoms with E-state index in [1.54, 1.807) is 0 Å². The molecule has 0 fully saturated rings. The summed E-state index contributed by atoms with van der Waals surface area (Å²) >= 11 is 0. The Morgan fingerprint density at radius 2 is 1.71 bits per heavy atom. The van der Waals surface area contributed by atoms with Gasteiger partial charge in [-0.1, -0.05) is 43.3 Å². The molecular formula is C19H23NO. The first-order chi connectivity index (χ1) is 10.3. The second-order valence-corrected chi connectivity index (χ2v) is 5.73. The van der Waals surface area contributed by atoms with Crippen molar-refractivity contribution in [1.82, 2.24) is 0 Å². The lowest BCUT2D eigenvalue weighted by Crippen LogP contribution is -2.19. The van der Waals surface area contributed by atoms with E-state index in [1.165, 1.54) is 24.0 Å². The van der Waals surface area contributed by atoms with Gasteiger partial charge in [0.05, 0.1) is 18.3 Å². The van der Waals surface area contributed by atoms with Crippen LogP contribution in [0.4, 0.5) is 5.69 Å².